The van der Waals surface area contributed by atoms with Gasteiger partial charge in [-0.15, -0.1) is 0 Å². The molecule has 0 aliphatic rings. The van der Waals surface area contributed by atoms with Crippen molar-refractivity contribution in [1.29, 1.82) is 0 Å². The smallest absolute Gasteiger partial charge is 0.406 e. The summed E-state index contributed by atoms with van der Waals surface area (Å²) < 4.78 is 32.8. The molecule has 0 bridgehead atoms. The third-order valence-electron chi connectivity index (χ3n) is 1.03. The van der Waals surface area contributed by atoms with Crippen molar-refractivity contribution in [2.24, 2.45) is 0 Å². The molecule has 72 valence electrons. The van der Waals surface area contributed by atoms with E-state index in [-0.39, 0.29) is 18.7 Å². The second-order valence-corrected chi connectivity index (χ2v) is 3.63. The van der Waals surface area contributed by atoms with Gasteiger partial charge >= 0.3 is 6.09 Å². The fourth-order valence-electron chi connectivity index (χ4n) is 0.517. The van der Waals surface area contributed by atoms with Gasteiger partial charge < -0.3 is 10.1 Å². The third kappa shape index (κ3) is 7.29. The molecule has 0 saturated heterocycles. The van der Waals surface area contributed by atoms with Crippen LogP contribution in [0.15, 0.2) is 0 Å². The molecule has 0 unspecified atom stereocenters. The Balaban J connectivity index is 3.40. The van der Waals surface area contributed by atoms with Crippen molar-refractivity contribution < 1.29 is 22.5 Å². The first-order chi connectivity index (χ1) is 5.45. The summed E-state index contributed by atoms with van der Waals surface area (Å²) in [6, 6.07) is 0. The minimum atomic E-state index is -3.92. The molecule has 12 heavy (non-hydrogen) atoms. The Labute approximate surface area is 70.7 Å². The number of nitrogens with one attached hydrogen (secondary N) is 1. The van der Waals surface area contributed by atoms with Crippen LogP contribution in [-0.2, 0) is 14.9 Å². The topological polar surface area (TPSA) is 92.7 Å². The van der Waals surface area contributed by atoms with Gasteiger partial charge in [-0.1, -0.05) is 0 Å². The minimum absolute atomic E-state index is 0.159. The normalized spacial score (nSPS) is 10.8. The second-order valence-electron chi connectivity index (χ2n) is 2.06. The maximum atomic E-state index is 10.4. The number of hydrogen-bond acceptors (Lipinski definition) is 4. The van der Waals surface area contributed by atoms with Gasteiger partial charge in [0.05, 0.1) is 12.9 Å². The molecule has 0 radical (unpaired) electrons. The Kier molecular flexibility index (Phi) is 4.60. The summed E-state index contributed by atoms with van der Waals surface area (Å²) in [7, 11) is -2.71. The second kappa shape index (κ2) is 4.94. The molecule has 0 aliphatic heterocycles. The van der Waals surface area contributed by atoms with Crippen molar-refractivity contribution in [3.8, 4) is 0 Å². The fraction of sp³-hybridized carbons (Fsp3) is 0.800. The number of carbonyl (C=O) groups is 1. The van der Waals surface area contributed by atoms with Gasteiger partial charge in [0.2, 0.25) is 0 Å². The predicted molar refractivity (Wildman–Crippen MR) is 41.4 cm³/mol. The van der Waals surface area contributed by atoms with E-state index in [9.17, 15) is 13.2 Å². The number of ether oxygens (including phenoxy) is 1. The molecule has 0 fully saturated rings. The Bertz CT molecular complexity index is 234. The monoisotopic (exact) mass is 197 g/mol. The molecular weight excluding hydrogens is 186 g/mol. The van der Waals surface area contributed by atoms with Crippen molar-refractivity contribution in [3.05, 3.63) is 0 Å². The lowest BCUT2D eigenvalue weighted by Gasteiger charge is -2.01. The van der Waals surface area contributed by atoms with E-state index in [0.717, 1.165) is 0 Å². The van der Waals surface area contributed by atoms with Gasteiger partial charge in [0.1, 0.15) is 0 Å². The molecule has 0 aromatic rings. The number of rotatable bonds is 4. The molecule has 1 amide bonds. The van der Waals surface area contributed by atoms with Crippen molar-refractivity contribution in [1.82, 2.24) is 5.32 Å². The van der Waals surface area contributed by atoms with E-state index in [1.165, 1.54) is 7.11 Å². The van der Waals surface area contributed by atoms with Crippen LogP contribution in [-0.4, -0.2) is 38.5 Å². The van der Waals surface area contributed by atoms with E-state index in [1.54, 1.807) is 0 Å². The van der Waals surface area contributed by atoms with Crippen LogP contribution in [0.2, 0.25) is 0 Å². The van der Waals surface area contributed by atoms with E-state index in [0.29, 0.717) is 0 Å². The lowest BCUT2D eigenvalue weighted by molar-refractivity contribution is 0.171. The van der Waals surface area contributed by atoms with Crippen LogP contribution in [0, 0.1) is 0 Å². The lowest BCUT2D eigenvalue weighted by Crippen LogP contribution is -2.25. The molecule has 0 aromatic heterocycles. The summed E-state index contributed by atoms with van der Waals surface area (Å²) in [6.07, 6.45) is -0.459. The molecule has 0 heterocycles. The number of hydrogen-bond donors (Lipinski definition) is 2. The van der Waals surface area contributed by atoms with E-state index in [4.69, 9.17) is 4.55 Å². The van der Waals surface area contributed by atoms with Gasteiger partial charge in [-0.25, -0.2) is 4.79 Å². The van der Waals surface area contributed by atoms with Crippen LogP contribution in [0.3, 0.4) is 0 Å². The molecule has 0 atom stereocenters. The van der Waals surface area contributed by atoms with Crippen LogP contribution >= 0.6 is 0 Å². The lowest BCUT2D eigenvalue weighted by atomic mass is 10.5. The Morgan fingerprint density at radius 2 is 2.17 bits per heavy atom. The van der Waals surface area contributed by atoms with Crippen LogP contribution in [0.25, 0.3) is 0 Å². The van der Waals surface area contributed by atoms with Crippen molar-refractivity contribution in [2.45, 2.75) is 6.42 Å². The standard InChI is InChI=1S/C5H11NO5S/c1-11-5(7)6-3-2-4-12(8,9)10/h2-4H2,1H3,(H,6,7)(H,8,9,10). The zero-order chi connectivity index (χ0) is 9.61. The first kappa shape index (κ1) is 11.2. The van der Waals surface area contributed by atoms with E-state index in [2.05, 4.69) is 10.1 Å². The molecule has 0 saturated carbocycles. The van der Waals surface area contributed by atoms with Crippen molar-refractivity contribution in [3.63, 3.8) is 0 Å². The predicted octanol–water partition coefficient (Wildman–Crippen LogP) is -0.380. The highest BCUT2D eigenvalue weighted by Crippen LogP contribution is 1.86. The zero-order valence-electron chi connectivity index (χ0n) is 6.61. The van der Waals surface area contributed by atoms with Gasteiger partial charge in [0, 0.05) is 6.54 Å². The summed E-state index contributed by atoms with van der Waals surface area (Å²) in [5, 5.41) is 2.27. The zero-order valence-corrected chi connectivity index (χ0v) is 7.43. The minimum Gasteiger partial charge on any atom is -0.453 e. The van der Waals surface area contributed by atoms with Crippen molar-refractivity contribution in [2.75, 3.05) is 19.4 Å². The van der Waals surface area contributed by atoms with Crippen LogP contribution < -0.4 is 5.32 Å². The molecule has 7 heteroatoms. The number of amides is 1. The maximum Gasteiger partial charge on any atom is 0.406 e. The Morgan fingerprint density at radius 3 is 2.58 bits per heavy atom. The SMILES string of the molecule is COC(=O)NCCCS(=O)(=O)O. The maximum absolute atomic E-state index is 10.4. The molecule has 0 aliphatic carbocycles. The van der Waals surface area contributed by atoms with Crippen LogP contribution in [0.5, 0.6) is 0 Å². The quantitative estimate of drug-likeness (QED) is 0.473. The van der Waals surface area contributed by atoms with Gasteiger partial charge in [-0.05, 0) is 6.42 Å². The van der Waals surface area contributed by atoms with E-state index >= 15 is 0 Å². The van der Waals surface area contributed by atoms with Gasteiger partial charge in [-0.2, -0.15) is 8.42 Å². The summed E-state index contributed by atoms with van der Waals surface area (Å²) in [5.41, 5.74) is 0. The molecule has 0 spiro atoms. The number of alkyl carbamates (subject to hydrolysis) is 1. The summed E-state index contributed by atoms with van der Waals surface area (Å²) in [4.78, 5) is 10.4. The van der Waals surface area contributed by atoms with E-state index < -0.39 is 16.2 Å². The highest BCUT2D eigenvalue weighted by molar-refractivity contribution is 7.85. The van der Waals surface area contributed by atoms with Crippen LogP contribution in [0.4, 0.5) is 4.79 Å². The van der Waals surface area contributed by atoms with Crippen LogP contribution in [0.1, 0.15) is 6.42 Å². The summed E-state index contributed by atoms with van der Waals surface area (Å²) >= 11 is 0. The number of methoxy groups -OCH3 is 1. The average Bonchev–Trinajstić information content (AvgIpc) is 1.96. The van der Waals surface area contributed by atoms with Crippen molar-refractivity contribution >= 4 is 16.2 Å². The fourth-order valence-corrected chi connectivity index (χ4v) is 1.03. The summed E-state index contributed by atoms with van der Waals surface area (Å²) in [5.74, 6) is -0.364. The molecular formula is C5H11NO5S. The Hall–Kier alpha value is -0.820. The molecule has 0 rings (SSSR count). The largest absolute Gasteiger partial charge is 0.453 e. The first-order valence-corrected chi connectivity index (χ1v) is 4.83. The molecule has 6 nitrogen and oxygen atoms in total. The first-order valence-electron chi connectivity index (χ1n) is 3.22. The molecule has 2 N–H and O–H groups in total. The average molecular weight is 197 g/mol. The number of carbonyl (C=O) groups excluding carboxylic acids is 1. The molecule has 0 aromatic carbocycles. The highest BCUT2D eigenvalue weighted by Gasteiger charge is 2.04. The highest BCUT2D eigenvalue weighted by atomic mass is 32.2. The summed E-state index contributed by atoms with van der Waals surface area (Å²) in [6.45, 7) is 0.159. The van der Waals surface area contributed by atoms with Gasteiger partial charge in [0.25, 0.3) is 10.1 Å². The van der Waals surface area contributed by atoms with E-state index in [1.807, 2.05) is 0 Å². The third-order valence-corrected chi connectivity index (χ3v) is 1.84. The Morgan fingerprint density at radius 1 is 1.58 bits per heavy atom. The van der Waals surface area contributed by atoms with Gasteiger partial charge in [-0.3, -0.25) is 4.55 Å². The van der Waals surface area contributed by atoms with Gasteiger partial charge in [0.15, 0.2) is 0 Å².